The first-order valence-corrected chi connectivity index (χ1v) is 8.80. The Balaban J connectivity index is 1.99. The first-order valence-electron chi connectivity index (χ1n) is 7.57. The van der Waals surface area contributed by atoms with Gasteiger partial charge in [-0.1, -0.05) is 11.8 Å². The summed E-state index contributed by atoms with van der Waals surface area (Å²) < 4.78 is 5.39. The Hall–Kier alpha value is -1.54. The Labute approximate surface area is 140 Å². The van der Waals surface area contributed by atoms with Gasteiger partial charge in [0.05, 0.1) is 6.61 Å². The number of hydrogen-bond acceptors (Lipinski definition) is 7. The van der Waals surface area contributed by atoms with Crippen molar-refractivity contribution in [3.8, 4) is 0 Å². The van der Waals surface area contributed by atoms with Gasteiger partial charge in [-0.2, -0.15) is 0 Å². The van der Waals surface area contributed by atoms with Crippen LogP contribution < -0.4 is 5.32 Å². The first-order chi connectivity index (χ1) is 10.8. The van der Waals surface area contributed by atoms with Crippen LogP contribution in [0.15, 0.2) is 11.4 Å². The second kappa shape index (κ2) is 7.35. The SMILES string of the molecule is CSc1ncc(CO)c(N[C@H]2CCN(C(=O)OC(C)(C)C)C2)n1. The fourth-order valence-electron chi connectivity index (χ4n) is 2.29. The van der Waals surface area contributed by atoms with Gasteiger partial charge in [0.25, 0.3) is 0 Å². The summed E-state index contributed by atoms with van der Waals surface area (Å²) in [6, 6.07) is 0.0809. The molecule has 1 aromatic rings. The molecule has 1 atom stereocenters. The summed E-state index contributed by atoms with van der Waals surface area (Å²) in [6.45, 7) is 6.64. The molecule has 1 aliphatic rings. The van der Waals surface area contributed by atoms with Crippen molar-refractivity contribution in [3.63, 3.8) is 0 Å². The van der Waals surface area contributed by atoms with Crippen LogP contribution in [0, 0.1) is 0 Å². The van der Waals surface area contributed by atoms with Crippen LogP contribution in [0.2, 0.25) is 0 Å². The highest BCUT2D eigenvalue weighted by molar-refractivity contribution is 7.98. The highest BCUT2D eigenvalue weighted by atomic mass is 32.2. The van der Waals surface area contributed by atoms with Gasteiger partial charge in [-0.05, 0) is 33.4 Å². The molecule has 1 saturated heterocycles. The van der Waals surface area contributed by atoms with Crippen molar-refractivity contribution in [1.82, 2.24) is 14.9 Å². The van der Waals surface area contributed by atoms with Crippen LogP contribution in [0.1, 0.15) is 32.8 Å². The second-order valence-electron chi connectivity index (χ2n) is 6.44. The molecule has 0 bridgehead atoms. The molecule has 0 unspecified atom stereocenters. The smallest absolute Gasteiger partial charge is 0.410 e. The van der Waals surface area contributed by atoms with Crippen molar-refractivity contribution < 1.29 is 14.6 Å². The molecule has 23 heavy (non-hydrogen) atoms. The zero-order chi connectivity index (χ0) is 17.0. The molecule has 1 aliphatic heterocycles. The van der Waals surface area contributed by atoms with Crippen molar-refractivity contribution in [1.29, 1.82) is 0 Å². The second-order valence-corrected chi connectivity index (χ2v) is 7.22. The van der Waals surface area contributed by atoms with Crippen LogP contribution in [-0.2, 0) is 11.3 Å². The average molecular weight is 340 g/mol. The summed E-state index contributed by atoms with van der Waals surface area (Å²) in [7, 11) is 0. The zero-order valence-corrected chi connectivity index (χ0v) is 14.8. The molecule has 2 rings (SSSR count). The number of amides is 1. The van der Waals surface area contributed by atoms with E-state index < -0.39 is 5.60 Å². The van der Waals surface area contributed by atoms with Gasteiger partial charge >= 0.3 is 6.09 Å². The standard InChI is InChI=1S/C15H24N4O3S/c1-15(2,3)22-14(21)19-6-5-11(8-19)17-12-10(9-20)7-16-13(18-12)23-4/h7,11,20H,5-6,8-9H2,1-4H3,(H,16,17,18)/t11-/m0/s1. The van der Waals surface area contributed by atoms with Gasteiger partial charge in [-0.25, -0.2) is 14.8 Å². The summed E-state index contributed by atoms with van der Waals surface area (Å²) >= 11 is 1.44. The molecule has 1 amide bonds. The van der Waals surface area contributed by atoms with E-state index in [1.165, 1.54) is 11.8 Å². The lowest BCUT2D eigenvalue weighted by atomic mass is 10.2. The van der Waals surface area contributed by atoms with Crippen LogP contribution in [-0.4, -0.2) is 57.1 Å². The number of hydrogen-bond donors (Lipinski definition) is 2. The molecule has 8 heteroatoms. The van der Waals surface area contributed by atoms with Crippen LogP contribution in [0.25, 0.3) is 0 Å². The van der Waals surface area contributed by atoms with E-state index in [1.54, 1.807) is 11.1 Å². The number of likely N-dealkylation sites (tertiary alicyclic amines) is 1. The molecule has 2 N–H and O–H groups in total. The summed E-state index contributed by atoms with van der Waals surface area (Å²) in [5.74, 6) is 0.628. The zero-order valence-electron chi connectivity index (χ0n) is 14.0. The van der Waals surface area contributed by atoms with Crippen molar-refractivity contribution in [2.75, 3.05) is 24.7 Å². The number of ether oxygens (including phenoxy) is 1. The minimum atomic E-state index is -0.493. The highest BCUT2D eigenvalue weighted by Crippen LogP contribution is 2.21. The fraction of sp³-hybridized carbons (Fsp3) is 0.667. The van der Waals surface area contributed by atoms with Crippen molar-refractivity contribution in [2.24, 2.45) is 0 Å². The van der Waals surface area contributed by atoms with Crippen molar-refractivity contribution in [2.45, 2.75) is 50.6 Å². The molecule has 0 spiro atoms. The van der Waals surface area contributed by atoms with E-state index >= 15 is 0 Å². The van der Waals surface area contributed by atoms with Gasteiger partial charge in [-0.15, -0.1) is 0 Å². The third-order valence-electron chi connectivity index (χ3n) is 3.38. The maximum Gasteiger partial charge on any atom is 0.410 e. The molecular weight excluding hydrogens is 316 g/mol. The normalized spacial score (nSPS) is 18.1. The number of anilines is 1. The largest absolute Gasteiger partial charge is 0.444 e. The van der Waals surface area contributed by atoms with Gasteiger partial charge in [0.15, 0.2) is 5.16 Å². The average Bonchev–Trinajstić information content (AvgIpc) is 2.94. The Bertz CT molecular complexity index is 562. The molecule has 0 radical (unpaired) electrons. The monoisotopic (exact) mass is 340 g/mol. The van der Waals surface area contributed by atoms with Gasteiger partial charge in [-0.3, -0.25) is 0 Å². The van der Waals surface area contributed by atoms with E-state index in [0.29, 0.717) is 29.6 Å². The van der Waals surface area contributed by atoms with E-state index in [4.69, 9.17) is 4.74 Å². The van der Waals surface area contributed by atoms with E-state index in [2.05, 4.69) is 15.3 Å². The highest BCUT2D eigenvalue weighted by Gasteiger charge is 2.30. The quantitative estimate of drug-likeness (QED) is 0.641. The minimum absolute atomic E-state index is 0.0809. The van der Waals surface area contributed by atoms with Gasteiger partial charge in [0, 0.05) is 30.9 Å². The molecule has 0 aliphatic carbocycles. The van der Waals surface area contributed by atoms with Gasteiger partial charge in [0.2, 0.25) is 0 Å². The number of aliphatic hydroxyl groups excluding tert-OH is 1. The Morgan fingerprint density at radius 3 is 2.91 bits per heavy atom. The van der Waals surface area contributed by atoms with Crippen LogP contribution in [0.5, 0.6) is 0 Å². The lowest BCUT2D eigenvalue weighted by Gasteiger charge is -2.24. The van der Waals surface area contributed by atoms with Crippen LogP contribution >= 0.6 is 11.8 Å². The third kappa shape index (κ3) is 4.97. The Kier molecular flexibility index (Phi) is 5.69. The molecule has 128 valence electrons. The molecule has 2 heterocycles. The number of aliphatic hydroxyl groups is 1. The summed E-state index contributed by atoms with van der Waals surface area (Å²) in [6.07, 6.45) is 4.04. The van der Waals surface area contributed by atoms with Gasteiger partial charge < -0.3 is 20.1 Å². The fourth-order valence-corrected chi connectivity index (χ4v) is 2.63. The van der Waals surface area contributed by atoms with Gasteiger partial charge in [0.1, 0.15) is 11.4 Å². The number of nitrogens with zero attached hydrogens (tertiary/aromatic N) is 3. The first kappa shape index (κ1) is 17.8. The molecule has 0 aromatic carbocycles. The van der Waals surface area contributed by atoms with E-state index in [-0.39, 0.29) is 18.7 Å². The van der Waals surface area contributed by atoms with Crippen LogP contribution in [0.3, 0.4) is 0 Å². The summed E-state index contributed by atoms with van der Waals surface area (Å²) in [5.41, 5.74) is 0.158. The number of thioether (sulfide) groups is 1. The lowest BCUT2D eigenvalue weighted by Crippen LogP contribution is -2.36. The Morgan fingerprint density at radius 2 is 2.30 bits per heavy atom. The van der Waals surface area contributed by atoms with E-state index in [1.807, 2.05) is 27.0 Å². The number of carbonyl (C=O) groups is 1. The lowest BCUT2D eigenvalue weighted by molar-refractivity contribution is 0.0293. The maximum absolute atomic E-state index is 12.1. The number of nitrogens with one attached hydrogen (secondary N) is 1. The minimum Gasteiger partial charge on any atom is -0.444 e. The molecule has 7 nitrogen and oxygen atoms in total. The molecule has 1 fully saturated rings. The predicted octanol–water partition coefficient (Wildman–Crippen LogP) is 2.11. The van der Waals surface area contributed by atoms with Crippen LogP contribution in [0.4, 0.5) is 10.6 Å². The topological polar surface area (TPSA) is 87.6 Å². The molecule has 1 aromatic heterocycles. The molecule has 0 saturated carbocycles. The third-order valence-corrected chi connectivity index (χ3v) is 3.94. The summed E-state index contributed by atoms with van der Waals surface area (Å²) in [4.78, 5) is 22.3. The molecular formula is C15H24N4O3S. The number of aromatic nitrogens is 2. The van der Waals surface area contributed by atoms with Crippen molar-refractivity contribution in [3.05, 3.63) is 11.8 Å². The van der Waals surface area contributed by atoms with Crippen molar-refractivity contribution >= 4 is 23.7 Å². The number of rotatable bonds is 4. The van der Waals surface area contributed by atoms with E-state index in [9.17, 15) is 9.90 Å². The predicted molar refractivity (Wildman–Crippen MR) is 89.6 cm³/mol. The van der Waals surface area contributed by atoms with E-state index in [0.717, 1.165) is 6.42 Å². The summed E-state index contributed by atoms with van der Waals surface area (Å²) in [5, 5.41) is 13.4. The number of carbonyl (C=O) groups excluding carboxylic acids is 1. The maximum atomic E-state index is 12.1. The Morgan fingerprint density at radius 1 is 1.57 bits per heavy atom.